The van der Waals surface area contributed by atoms with E-state index in [1.807, 2.05) is 62.4 Å². The number of carbonyl (C=O) groups excluding carboxylic acids is 1. The number of hydrogen-bond donors (Lipinski definition) is 2. The van der Waals surface area contributed by atoms with Gasteiger partial charge in [-0.1, -0.05) is 50.2 Å². The summed E-state index contributed by atoms with van der Waals surface area (Å²) in [5.41, 5.74) is 2.47. The molecule has 0 unspecified atom stereocenters. The molecule has 1 aromatic heterocycles. The predicted octanol–water partition coefficient (Wildman–Crippen LogP) is 3.98. The highest BCUT2D eigenvalue weighted by molar-refractivity contribution is 5.94. The predicted molar refractivity (Wildman–Crippen MR) is 119 cm³/mol. The Hall–Kier alpha value is -3.54. The van der Waals surface area contributed by atoms with Gasteiger partial charge in [0.1, 0.15) is 18.8 Å². The third-order valence-electron chi connectivity index (χ3n) is 5.36. The van der Waals surface area contributed by atoms with Crippen molar-refractivity contribution in [2.45, 2.75) is 32.2 Å². The molecule has 0 bridgehead atoms. The first-order valence-corrected chi connectivity index (χ1v) is 10.5. The zero-order valence-corrected chi connectivity index (χ0v) is 17.7. The molecule has 3 aromatic rings. The molecule has 0 saturated heterocycles. The zero-order valence-electron chi connectivity index (χ0n) is 17.7. The van der Waals surface area contributed by atoms with Crippen molar-refractivity contribution < 1.29 is 14.3 Å². The highest BCUT2D eigenvalue weighted by Gasteiger charge is 2.21. The molecule has 6 heteroatoms. The van der Waals surface area contributed by atoms with Gasteiger partial charge in [0.25, 0.3) is 11.5 Å². The van der Waals surface area contributed by atoms with Crippen molar-refractivity contribution in [3.05, 3.63) is 93.4 Å². The number of hydrogen-bond acceptors (Lipinski definition) is 4. The van der Waals surface area contributed by atoms with E-state index in [1.54, 1.807) is 12.1 Å². The van der Waals surface area contributed by atoms with E-state index >= 15 is 0 Å². The van der Waals surface area contributed by atoms with E-state index in [1.165, 1.54) is 0 Å². The lowest BCUT2D eigenvalue weighted by Crippen LogP contribution is -2.34. The molecule has 6 nitrogen and oxygen atoms in total. The quantitative estimate of drug-likeness (QED) is 0.635. The topological polar surface area (TPSA) is 80.4 Å². The Balaban J connectivity index is 1.63. The van der Waals surface area contributed by atoms with Gasteiger partial charge in [-0.2, -0.15) is 0 Å². The fraction of sp³-hybridized carbons (Fsp3) is 0.280. The Labute approximate surface area is 181 Å². The summed E-state index contributed by atoms with van der Waals surface area (Å²) in [7, 11) is 0. The van der Waals surface area contributed by atoms with Gasteiger partial charge in [0.05, 0.1) is 6.04 Å². The van der Waals surface area contributed by atoms with Crippen LogP contribution in [0.15, 0.2) is 65.5 Å². The third-order valence-corrected chi connectivity index (χ3v) is 5.36. The Kier molecular flexibility index (Phi) is 6.07. The smallest absolute Gasteiger partial charge is 0.261 e. The molecule has 0 saturated carbocycles. The Morgan fingerprint density at radius 1 is 1.00 bits per heavy atom. The molecule has 0 fully saturated rings. The number of amides is 1. The lowest BCUT2D eigenvalue weighted by Gasteiger charge is -2.23. The van der Waals surface area contributed by atoms with Crippen molar-refractivity contribution in [1.29, 1.82) is 0 Å². The van der Waals surface area contributed by atoms with E-state index in [0.29, 0.717) is 31.1 Å². The van der Waals surface area contributed by atoms with Crippen LogP contribution in [0.5, 0.6) is 11.5 Å². The number of aromatic amines is 1. The minimum atomic E-state index is -0.410. The summed E-state index contributed by atoms with van der Waals surface area (Å²) in [5.74, 6) is 1.12. The molecule has 1 aliphatic rings. The molecule has 1 atom stereocenters. The zero-order chi connectivity index (χ0) is 21.8. The molecule has 4 rings (SSSR count). The van der Waals surface area contributed by atoms with Gasteiger partial charge in [-0.3, -0.25) is 9.59 Å². The first-order valence-electron chi connectivity index (χ1n) is 10.5. The molecule has 160 valence electrons. The van der Waals surface area contributed by atoms with Gasteiger partial charge in [0, 0.05) is 5.69 Å². The van der Waals surface area contributed by atoms with Gasteiger partial charge in [0.2, 0.25) is 0 Å². The second-order valence-corrected chi connectivity index (χ2v) is 7.93. The third kappa shape index (κ3) is 4.79. The van der Waals surface area contributed by atoms with Crippen molar-refractivity contribution in [3.8, 4) is 11.5 Å². The van der Waals surface area contributed by atoms with Crippen LogP contribution in [-0.2, 0) is 6.42 Å². The van der Waals surface area contributed by atoms with E-state index in [4.69, 9.17) is 9.47 Å². The van der Waals surface area contributed by atoms with Crippen LogP contribution in [0.1, 0.15) is 53.0 Å². The minimum absolute atomic E-state index is 0.0972. The average molecular weight is 418 g/mol. The number of aromatic nitrogens is 1. The van der Waals surface area contributed by atoms with E-state index < -0.39 is 5.91 Å². The van der Waals surface area contributed by atoms with Crippen LogP contribution in [0.25, 0.3) is 0 Å². The maximum absolute atomic E-state index is 13.0. The highest BCUT2D eigenvalue weighted by Crippen LogP contribution is 2.33. The van der Waals surface area contributed by atoms with E-state index in [2.05, 4.69) is 10.3 Å². The highest BCUT2D eigenvalue weighted by atomic mass is 16.6. The number of nitrogens with one attached hydrogen (secondary N) is 2. The van der Waals surface area contributed by atoms with Crippen LogP contribution in [0.3, 0.4) is 0 Å². The molecule has 0 radical (unpaired) electrons. The molecule has 1 amide bonds. The van der Waals surface area contributed by atoms with Gasteiger partial charge in [-0.15, -0.1) is 0 Å². The fourth-order valence-electron chi connectivity index (χ4n) is 3.62. The normalized spacial score (nSPS) is 13.6. The van der Waals surface area contributed by atoms with Crippen LogP contribution in [0.4, 0.5) is 0 Å². The van der Waals surface area contributed by atoms with Crippen molar-refractivity contribution in [1.82, 2.24) is 10.3 Å². The largest absolute Gasteiger partial charge is 0.486 e. The molecule has 2 aromatic carbocycles. The molecule has 2 N–H and O–H groups in total. The molecular weight excluding hydrogens is 392 g/mol. The van der Waals surface area contributed by atoms with E-state index in [0.717, 1.165) is 16.8 Å². The van der Waals surface area contributed by atoms with E-state index in [-0.39, 0.29) is 23.1 Å². The monoisotopic (exact) mass is 418 g/mol. The van der Waals surface area contributed by atoms with Crippen molar-refractivity contribution >= 4 is 5.91 Å². The molecule has 1 aliphatic heterocycles. The van der Waals surface area contributed by atoms with Crippen LogP contribution in [-0.4, -0.2) is 24.1 Å². The number of benzene rings is 2. The second kappa shape index (κ2) is 9.08. The maximum atomic E-state index is 13.0. The fourth-order valence-corrected chi connectivity index (χ4v) is 3.62. The molecular formula is C25H26N2O4. The number of ether oxygens (including phenoxy) is 2. The number of H-pyrrole nitrogens is 1. The van der Waals surface area contributed by atoms with Crippen LogP contribution in [0.2, 0.25) is 0 Å². The molecule has 0 spiro atoms. The summed E-state index contributed by atoms with van der Waals surface area (Å²) in [4.78, 5) is 28.3. The molecule has 0 aliphatic carbocycles. The maximum Gasteiger partial charge on any atom is 0.261 e. The molecule has 31 heavy (non-hydrogen) atoms. The lowest BCUT2D eigenvalue weighted by atomic mass is 9.97. The Bertz CT molecular complexity index is 1120. The molecule has 2 heterocycles. The second-order valence-electron chi connectivity index (χ2n) is 7.93. The summed E-state index contributed by atoms with van der Waals surface area (Å²) < 4.78 is 11.3. The van der Waals surface area contributed by atoms with Crippen LogP contribution >= 0.6 is 0 Å². The Morgan fingerprint density at radius 3 is 2.45 bits per heavy atom. The van der Waals surface area contributed by atoms with Crippen molar-refractivity contribution in [3.63, 3.8) is 0 Å². The Morgan fingerprint density at radius 2 is 1.74 bits per heavy atom. The van der Waals surface area contributed by atoms with Crippen LogP contribution in [0, 0.1) is 0 Å². The van der Waals surface area contributed by atoms with Gasteiger partial charge in [-0.25, -0.2) is 0 Å². The SMILES string of the molecule is CC(C)c1ccc(C(=O)N[C@H](Cc2ccccc2)c2ccc3c(c2)OCCO3)c(=O)[nH]1. The summed E-state index contributed by atoms with van der Waals surface area (Å²) in [5, 5.41) is 3.04. The summed E-state index contributed by atoms with van der Waals surface area (Å²) in [6.07, 6.45) is 0.578. The van der Waals surface area contributed by atoms with Crippen LogP contribution < -0.4 is 20.3 Å². The lowest BCUT2D eigenvalue weighted by molar-refractivity contribution is 0.0934. The number of fused-ring (bicyclic) bond motifs is 1. The van der Waals surface area contributed by atoms with Gasteiger partial charge in [0.15, 0.2) is 11.5 Å². The average Bonchev–Trinajstić information content (AvgIpc) is 2.78. The summed E-state index contributed by atoms with van der Waals surface area (Å²) in [6.45, 7) is 4.99. The van der Waals surface area contributed by atoms with Gasteiger partial charge in [-0.05, 0) is 47.7 Å². The van der Waals surface area contributed by atoms with Gasteiger partial charge >= 0.3 is 0 Å². The summed E-state index contributed by atoms with van der Waals surface area (Å²) in [6, 6.07) is 18.6. The number of pyridine rings is 1. The van der Waals surface area contributed by atoms with Crippen molar-refractivity contribution in [2.75, 3.05) is 13.2 Å². The first-order chi connectivity index (χ1) is 15.0. The van der Waals surface area contributed by atoms with E-state index in [9.17, 15) is 9.59 Å². The summed E-state index contributed by atoms with van der Waals surface area (Å²) >= 11 is 0. The minimum Gasteiger partial charge on any atom is -0.486 e. The number of rotatable bonds is 6. The first kappa shape index (κ1) is 20.7. The van der Waals surface area contributed by atoms with Crippen molar-refractivity contribution in [2.24, 2.45) is 0 Å². The number of carbonyl (C=O) groups is 1. The van der Waals surface area contributed by atoms with Gasteiger partial charge < -0.3 is 19.8 Å². The standard InChI is InChI=1S/C25H26N2O4/c1-16(2)20-10-9-19(24(28)26-20)25(29)27-21(14-17-6-4-3-5-7-17)18-8-11-22-23(15-18)31-13-12-30-22/h3-11,15-16,21H,12-14H2,1-2H3,(H,26,28)(H,27,29)/t21-/m1/s1.